The summed E-state index contributed by atoms with van der Waals surface area (Å²) >= 11 is 0. The van der Waals surface area contributed by atoms with E-state index in [0.717, 1.165) is 6.42 Å². The zero-order chi connectivity index (χ0) is 13.9. The quantitative estimate of drug-likeness (QED) is 0.689. The molecule has 0 saturated carbocycles. The van der Waals surface area contributed by atoms with Crippen molar-refractivity contribution in [1.82, 2.24) is 0 Å². The van der Waals surface area contributed by atoms with Crippen LogP contribution < -0.4 is 15.2 Å². The zero-order valence-corrected chi connectivity index (χ0v) is 11.6. The van der Waals surface area contributed by atoms with Gasteiger partial charge in [0.1, 0.15) is 11.5 Å². The minimum Gasteiger partial charge on any atom is -0.493 e. The van der Waals surface area contributed by atoms with E-state index >= 15 is 0 Å². The Bertz CT molecular complexity index is 379. The van der Waals surface area contributed by atoms with Crippen molar-refractivity contribution in [3.8, 4) is 11.5 Å². The van der Waals surface area contributed by atoms with Crippen LogP contribution in [-0.2, 0) is 0 Å². The number of hydrogen-bond donors (Lipinski definition) is 1. The van der Waals surface area contributed by atoms with E-state index in [2.05, 4.69) is 6.92 Å². The smallest absolute Gasteiger partial charge is 0.409 e. The summed E-state index contributed by atoms with van der Waals surface area (Å²) in [6.45, 7) is 2.90. The van der Waals surface area contributed by atoms with E-state index in [9.17, 15) is 4.79 Å². The average Bonchev–Trinajstić information content (AvgIpc) is 2.37. The SMILES string of the molecule is CCCCCCCCOc1cccc(OC(N)=O)c1. The first kappa shape index (κ1) is 15.3. The van der Waals surface area contributed by atoms with Gasteiger partial charge in [-0.2, -0.15) is 0 Å². The molecule has 4 nitrogen and oxygen atoms in total. The molecule has 0 spiro atoms. The molecule has 0 aliphatic rings. The van der Waals surface area contributed by atoms with Crippen LogP contribution >= 0.6 is 0 Å². The molecule has 0 aromatic heterocycles. The van der Waals surface area contributed by atoms with E-state index in [1.807, 2.05) is 6.07 Å². The summed E-state index contributed by atoms with van der Waals surface area (Å²) in [4.78, 5) is 10.6. The summed E-state index contributed by atoms with van der Waals surface area (Å²) in [5.74, 6) is 1.11. The van der Waals surface area contributed by atoms with E-state index in [-0.39, 0.29) is 0 Å². The Morgan fingerprint density at radius 2 is 1.79 bits per heavy atom. The van der Waals surface area contributed by atoms with Crippen LogP contribution in [0.2, 0.25) is 0 Å². The Morgan fingerprint density at radius 3 is 2.53 bits per heavy atom. The minimum atomic E-state index is -0.812. The Hall–Kier alpha value is -1.71. The molecule has 1 amide bonds. The first-order chi connectivity index (χ1) is 9.22. The maximum absolute atomic E-state index is 10.6. The third kappa shape index (κ3) is 7.34. The number of nitrogens with two attached hydrogens (primary N) is 1. The fourth-order valence-corrected chi connectivity index (χ4v) is 1.82. The molecule has 19 heavy (non-hydrogen) atoms. The van der Waals surface area contributed by atoms with Gasteiger partial charge in [0.2, 0.25) is 0 Å². The second kappa shape index (κ2) is 9.25. The third-order valence-corrected chi connectivity index (χ3v) is 2.79. The molecule has 0 aliphatic carbocycles. The maximum Gasteiger partial charge on any atom is 0.409 e. The van der Waals surface area contributed by atoms with Crippen molar-refractivity contribution in [3.05, 3.63) is 24.3 Å². The van der Waals surface area contributed by atoms with Gasteiger partial charge in [-0.3, -0.25) is 0 Å². The molecule has 1 rings (SSSR count). The average molecular weight is 265 g/mol. The lowest BCUT2D eigenvalue weighted by Gasteiger charge is -2.07. The maximum atomic E-state index is 10.6. The summed E-state index contributed by atoms with van der Waals surface area (Å²) < 4.78 is 10.4. The molecule has 0 heterocycles. The van der Waals surface area contributed by atoms with Crippen LogP contribution in [0.1, 0.15) is 45.4 Å². The number of rotatable bonds is 9. The summed E-state index contributed by atoms with van der Waals surface area (Å²) in [6, 6.07) is 6.95. The molecule has 4 heteroatoms. The zero-order valence-electron chi connectivity index (χ0n) is 11.6. The predicted molar refractivity (Wildman–Crippen MR) is 75.5 cm³/mol. The largest absolute Gasteiger partial charge is 0.493 e. The van der Waals surface area contributed by atoms with Gasteiger partial charge in [0.05, 0.1) is 6.61 Å². The Kier molecular flexibility index (Phi) is 7.47. The molecule has 0 unspecified atom stereocenters. The number of primary amides is 1. The second-order valence-corrected chi connectivity index (χ2v) is 4.51. The summed E-state index contributed by atoms with van der Waals surface area (Å²) in [5, 5.41) is 0. The molecule has 1 aromatic carbocycles. The van der Waals surface area contributed by atoms with Gasteiger partial charge in [0, 0.05) is 6.07 Å². The van der Waals surface area contributed by atoms with Crippen LogP contribution in [0.5, 0.6) is 11.5 Å². The molecule has 0 atom stereocenters. The minimum absolute atomic E-state index is 0.410. The van der Waals surface area contributed by atoms with Gasteiger partial charge in [0.25, 0.3) is 0 Å². The fourth-order valence-electron chi connectivity index (χ4n) is 1.82. The molecular weight excluding hydrogens is 242 g/mol. The van der Waals surface area contributed by atoms with Crippen molar-refractivity contribution in [2.45, 2.75) is 45.4 Å². The van der Waals surface area contributed by atoms with Crippen LogP contribution in [0.3, 0.4) is 0 Å². The van der Waals surface area contributed by atoms with E-state index < -0.39 is 6.09 Å². The normalized spacial score (nSPS) is 10.2. The molecule has 0 bridgehead atoms. The summed E-state index contributed by atoms with van der Waals surface area (Å²) in [6.07, 6.45) is 6.58. The topological polar surface area (TPSA) is 61.6 Å². The molecule has 106 valence electrons. The molecule has 1 aromatic rings. The lowest BCUT2D eigenvalue weighted by molar-refractivity contribution is 0.210. The third-order valence-electron chi connectivity index (χ3n) is 2.79. The van der Waals surface area contributed by atoms with Crippen molar-refractivity contribution < 1.29 is 14.3 Å². The van der Waals surface area contributed by atoms with Crippen molar-refractivity contribution >= 4 is 6.09 Å². The predicted octanol–water partition coefficient (Wildman–Crippen LogP) is 3.88. The monoisotopic (exact) mass is 265 g/mol. The Labute approximate surface area is 114 Å². The fraction of sp³-hybridized carbons (Fsp3) is 0.533. The van der Waals surface area contributed by atoms with E-state index in [1.54, 1.807) is 18.2 Å². The molecule has 0 radical (unpaired) electrons. The van der Waals surface area contributed by atoms with Crippen LogP contribution in [0.25, 0.3) is 0 Å². The van der Waals surface area contributed by atoms with Crippen LogP contribution in [0.15, 0.2) is 24.3 Å². The highest BCUT2D eigenvalue weighted by molar-refractivity contribution is 5.68. The number of ether oxygens (including phenoxy) is 2. The highest BCUT2D eigenvalue weighted by Gasteiger charge is 2.01. The van der Waals surface area contributed by atoms with E-state index in [4.69, 9.17) is 15.2 Å². The second-order valence-electron chi connectivity index (χ2n) is 4.51. The van der Waals surface area contributed by atoms with Gasteiger partial charge in [-0.25, -0.2) is 4.79 Å². The summed E-state index contributed by atoms with van der Waals surface area (Å²) in [7, 11) is 0. The van der Waals surface area contributed by atoms with Gasteiger partial charge in [0.15, 0.2) is 0 Å². The number of amides is 1. The van der Waals surface area contributed by atoms with Gasteiger partial charge < -0.3 is 15.2 Å². The van der Waals surface area contributed by atoms with Gasteiger partial charge in [-0.15, -0.1) is 0 Å². The number of carbonyl (C=O) groups is 1. The van der Waals surface area contributed by atoms with Crippen LogP contribution in [0, 0.1) is 0 Å². The van der Waals surface area contributed by atoms with Crippen LogP contribution in [-0.4, -0.2) is 12.7 Å². The number of benzene rings is 1. The lowest BCUT2D eigenvalue weighted by atomic mass is 10.1. The number of hydrogen-bond acceptors (Lipinski definition) is 3. The number of carbonyl (C=O) groups excluding carboxylic acids is 1. The Morgan fingerprint density at radius 1 is 1.11 bits per heavy atom. The van der Waals surface area contributed by atoms with Gasteiger partial charge in [-0.05, 0) is 18.6 Å². The molecule has 2 N–H and O–H groups in total. The van der Waals surface area contributed by atoms with Gasteiger partial charge in [-0.1, -0.05) is 45.1 Å². The van der Waals surface area contributed by atoms with Crippen molar-refractivity contribution in [1.29, 1.82) is 0 Å². The highest BCUT2D eigenvalue weighted by Crippen LogP contribution is 2.19. The molecule has 0 fully saturated rings. The summed E-state index contributed by atoms with van der Waals surface area (Å²) in [5.41, 5.74) is 4.95. The molecular formula is C15H23NO3. The lowest BCUT2D eigenvalue weighted by Crippen LogP contribution is -2.16. The van der Waals surface area contributed by atoms with Crippen LogP contribution in [0.4, 0.5) is 4.79 Å². The van der Waals surface area contributed by atoms with Crippen molar-refractivity contribution in [2.24, 2.45) is 5.73 Å². The van der Waals surface area contributed by atoms with Gasteiger partial charge >= 0.3 is 6.09 Å². The first-order valence-electron chi connectivity index (χ1n) is 6.92. The van der Waals surface area contributed by atoms with Crippen molar-refractivity contribution in [3.63, 3.8) is 0 Å². The first-order valence-corrected chi connectivity index (χ1v) is 6.92. The highest BCUT2D eigenvalue weighted by atomic mass is 16.5. The van der Waals surface area contributed by atoms with Crippen molar-refractivity contribution in [2.75, 3.05) is 6.61 Å². The molecule has 0 saturated heterocycles. The van der Waals surface area contributed by atoms with E-state index in [0.29, 0.717) is 18.1 Å². The number of unbranched alkanes of at least 4 members (excludes halogenated alkanes) is 5. The standard InChI is InChI=1S/C15H23NO3/c1-2-3-4-5-6-7-11-18-13-9-8-10-14(12-13)19-15(16)17/h8-10,12H,2-7,11H2,1H3,(H2,16,17). The van der Waals surface area contributed by atoms with E-state index in [1.165, 1.54) is 32.1 Å². The Balaban J connectivity index is 2.20. The molecule has 0 aliphatic heterocycles.